The minimum absolute atomic E-state index is 0.164. The molecule has 1 aliphatic rings. The zero-order chi connectivity index (χ0) is 11.5. The third-order valence-corrected chi connectivity index (χ3v) is 3.10. The van der Waals surface area contributed by atoms with E-state index in [0.717, 1.165) is 12.8 Å². The molecule has 0 aliphatic heterocycles. The van der Waals surface area contributed by atoms with Crippen molar-refractivity contribution in [1.29, 1.82) is 0 Å². The molecule has 0 radical (unpaired) electrons. The van der Waals surface area contributed by atoms with Crippen LogP contribution in [0.5, 0.6) is 0 Å². The number of hydrogen-bond acceptors (Lipinski definition) is 3. The maximum absolute atomic E-state index is 11.8. The van der Waals surface area contributed by atoms with Gasteiger partial charge in [-0.25, -0.2) is 0 Å². The van der Waals surface area contributed by atoms with Crippen LogP contribution in [-0.4, -0.2) is 22.1 Å². The second-order valence-corrected chi connectivity index (χ2v) is 4.72. The summed E-state index contributed by atoms with van der Waals surface area (Å²) in [5, 5.41) is 10.6. The Labute approximate surface area is 99.4 Å². The van der Waals surface area contributed by atoms with E-state index in [9.17, 15) is 4.79 Å². The van der Waals surface area contributed by atoms with Crippen LogP contribution in [0.2, 0.25) is 5.15 Å². The summed E-state index contributed by atoms with van der Waals surface area (Å²) in [6.45, 7) is 2.20. The van der Waals surface area contributed by atoms with E-state index in [1.807, 2.05) is 0 Å². The van der Waals surface area contributed by atoms with Gasteiger partial charge in [-0.15, -0.1) is 10.2 Å². The SMILES string of the molecule is CC1CCC(NC(=O)c2ccc(Cl)nn2)C1. The zero-order valence-electron chi connectivity index (χ0n) is 9.11. The minimum Gasteiger partial charge on any atom is -0.348 e. The van der Waals surface area contributed by atoms with Crippen LogP contribution in [0.1, 0.15) is 36.7 Å². The first kappa shape index (κ1) is 11.3. The molecule has 2 rings (SSSR count). The van der Waals surface area contributed by atoms with Gasteiger partial charge in [0, 0.05) is 6.04 Å². The largest absolute Gasteiger partial charge is 0.348 e. The number of hydrogen-bond donors (Lipinski definition) is 1. The third kappa shape index (κ3) is 2.70. The van der Waals surface area contributed by atoms with Crippen molar-refractivity contribution in [3.63, 3.8) is 0 Å². The van der Waals surface area contributed by atoms with Gasteiger partial charge in [0.1, 0.15) is 0 Å². The molecule has 1 aliphatic carbocycles. The number of carbonyl (C=O) groups excluding carboxylic acids is 1. The first-order chi connectivity index (χ1) is 7.65. The third-order valence-electron chi connectivity index (χ3n) is 2.89. The van der Waals surface area contributed by atoms with Gasteiger partial charge in [0.15, 0.2) is 10.8 Å². The highest BCUT2D eigenvalue weighted by atomic mass is 35.5. The lowest BCUT2D eigenvalue weighted by Crippen LogP contribution is -2.33. The molecule has 1 N–H and O–H groups in total. The van der Waals surface area contributed by atoms with Gasteiger partial charge in [-0.05, 0) is 37.3 Å². The Morgan fingerprint density at radius 2 is 2.25 bits per heavy atom. The second kappa shape index (κ2) is 4.78. The van der Waals surface area contributed by atoms with E-state index in [4.69, 9.17) is 11.6 Å². The predicted octanol–water partition coefficient (Wildman–Crippen LogP) is 2.05. The van der Waals surface area contributed by atoms with Crippen molar-refractivity contribution in [2.45, 2.75) is 32.2 Å². The highest BCUT2D eigenvalue weighted by molar-refractivity contribution is 6.29. The number of halogens is 1. The molecule has 1 aromatic heterocycles. The first-order valence-corrected chi connectivity index (χ1v) is 5.83. The van der Waals surface area contributed by atoms with Gasteiger partial charge in [-0.2, -0.15) is 0 Å². The van der Waals surface area contributed by atoms with Gasteiger partial charge in [0.25, 0.3) is 5.91 Å². The second-order valence-electron chi connectivity index (χ2n) is 4.33. The number of nitrogens with zero attached hydrogens (tertiary/aromatic N) is 2. The topological polar surface area (TPSA) is 54.9 Å². The molecule has 0 bridgehead atoms. The molecule has 0 aromatic carbocycles. The summed E-state index contributed by atoms with van der Waals surface area (Å²) in [6, 6.07) is 3.43. The standard InChI is InChI=1S/C11H14ClN3O/c1-7-2-3-8(6-7)13-11(16)9-4-5-10(12)15-14-9/h4-5,7-8H,2-3,6H2,1H3,(H,13,16). The lowest BCUT2D eigenvalue weighted by atomic mass is 10.1. The number of nitrogens with one attached hydrogen (secondary N) is 1. The fourth-order valence-corrected chi connectivity index (χ4v) is 2.14. The highest BCUT2D eigenvalue weighted by Crippen LogP contribution is 2.24. The smallest absolute Gasteiger partial charge is 0.272 e. The van der Waals surface area contributed by atoms with Crippen molar-refractivity contribution in [3.8, 4) is 0 Å². The molecule has 1 saturated carbocycles. The zero-order valence-corrected chi connectivity index (χ0v) is 9.87. The fourth-order valence-electron chi connectivity index (χ4n) is 2.03. The minimum atomic E-state index is -0.164. The molecular formula is C11H14ClN3O. The van der Waals surface area contributed by atoms with E-state index in [1.54, 1.807) is 12.1 Å². The Kier molecular flexibility index (Phi) is 3.39. The Balaban J connectivity index is 1.95. The van der Waals surface area contributed by atoms with E-state index >= 15 is 0 Å². The summed E-state index contributed by atoms with van der Waals surface area (Å²) in [5.74, 6) is 0.532. The van der Waals surface area contributed by atoms with Crippen LogP contribution in [0.3, 0.4) is 0 Å². The van der Waals surface area contributed by atoms with Crippen LogP contribution < -0.4 is 5.32 Å². The van der Waals surface area contributed by atoms with Crippen LogP contribution in [0.15, 0.2) is 12.1 Å². The predicted molar refractivity (Wildman–Crippen MR) is 61.3 cm³/mol. The van der Waals surface area contributed by atoms with Gasteiger partial charge in [-0.1, -0.05) is 18.5 Å². The summed E-state index contributed by atoms with van der Waals surface area (Å²) < 4.78 is 0. The molecule has 86 valence electrons. The van der Waals surface area contributed by atoms with Crippen LogP contribution >= 0.6 is 11.6 Å². The van der Waals surface area contributed by atoms with E-state index in [-0.39, 0.29) is 11.9 Å². The molecule has 1 fully saturated rings. The summed E-state index contributed by atoms with van der Waals surface area (Å²) in [4.78, 5) is 11.8. The quantitative estimate of drug-likeness (QED) is 0.860. The van der Waals surface area contributed by atoms with Gasteiger partial charge in [0.2, 0.25) is 0 Å². The molecule has 2 unspecified atom stereocenters. The average Bonchev–Trinajstić information content (AvgIpc) is 2.65. The van der Waals surface area contributed by atoms with Gasteiger partial charge >= 0.3 is 0 Å². The van der Waals surface area contributed by atoms with Crippen molar-refractivity contribution < 1.29 is 4.79 Å². The van der Waals surface area contributed by atoms with Gasteiger partial charge in [-0.3, -0.25) is 4.79 Å². The van der Waals surface area contributed by atoms with Crippen molar-refractivity contribution in [2.75, 3.05) is 0 Å². The molecule has 0 spiro atoms. The molecule has 1 aromatic rings. The summed E-state index contributed by atoms with van der Waals surface area (Å²) in [6.07, 6.45) is 3.28. The monoisotopic (exact) mass is 239 g/mol. The molecule has 4 nitrogen and oxygen atoms in total. The van der Waals surface area contributed by atoms with Crippen molar-refractivity contribution >= 4 is 17.5 Å². The summed E-state index contributed by atoms with van der Waals surface area (Å²) in [5.41, 5.74) is 0.323. The van der Waals surface area contributed by atoms with E-state index in [0.29, 0.717) is 16.8 Å². The normalized spacial score (nSPS) is 24.4. The molecule has 5 heteroatoms. The van der Waals surface area contributed by atoms with Gasteiger partial charge in [0.05, 0.1) is 0 Å². The fraction of sp³-hybridized carbons (Fsp3) is 0.545. The molecule has 2 atom stereocenters. The van der Waals surface area contributed by atoms with E-state index in [1.165, 1.54) is 6.42 Å². The Morgan fingerprint density at radius 3 is 2.81 bits per heavy atom. The highest BCUT2D eigenvalue weighted by Gasteiger charge is 2.23. The van der Waals surface area contributed by atoms with Crippen LogP contribution in [-0.2, 0) is 0 Å². The number of carbonyl (C=O) groups is 1. The number of rotatable bonds is 2. The molecule has 1 amide bonds. The lowest BCUT2D eigenvalue weighted by molar-refractivity contribution is 0.0931. The molecular weight excluding hydrogens is 226 g/mol. The van der Waals surface area contributed by atoms with Crippen LogP contribution in [0.25, 0.3) is 0 Å². The maximum Gasteiger partial charge on any atom is 0.272 e. The van der Waals surface area contributed by atoms with Gasteiger partial charge < -0.3 is 5.32 Å². The average molecular weight is 240 g/mol. The Bertz CT molecular complexity index is 379. The summed E-state index contributed by atoms with van der Waals surface area (Å²) in [7, 11) is 0. The Morgan fingerprint density at radius 1 is 1.44 bits per heavy atom. The van der Waals surface area contributed by atoms with E-state index in [2.05, 4.69) is 22.4 Å². The van der Waals surface area contributed by atoms with Crippen LogP contribution in [0.4, 0.5) is 0 Å². The first-order valence-electron chi connectivity index (χ1n) is 5.45. The molecule has 16 heavy (non-hydrogen) atoms. The summed E-state index contributed by atoms with van der Waals surface area (Å²) >= 11 is 5.60. The van der Waals surface area contributed by atoms with Crippen LogP contribution in [0, 0.1) is 5.92 Å². The molecule has 0 saturated heterocycles. The number of aromatic nitrogens is 2. The maximum atomic E-state index is 11.8. The van der Waals surface area contributed by atoms with Crippen molar-refractivity contribution in [1.82, 2.24) is 15.5 Å². The lowest BCUT2D eigenvalue weighted by Gasteiger charge is -2.11. The van der Waals surface area contributed by atoms with E-state index < -0.39 is 0 Å². The number of amides is 1. The van der Waals surface area contributed by atoms with Crippen molar-refractivity contribution in [2.24, 2.45) is 5.92 Å². The Hall–Kier alpha value is -1.16. The van der Waals surface area contributed by atoms with Crippen molar-refractivity contribution in [3.05, 3.63) is 23.0 Å². The molecule has 1 heterocycles.